The van der Waals surface area contributed by atoms with Gasteiger partial charge in [-0.3, -0.25) is 8.98 Å². The zero-order valence-electron chi connectivity index (χ0n) is 21.1. The number of nitrogens with zero attached hydrogens (tertiary/aromatic N) is 1. The molecule has 0 aliphatic carbocycles. The molecular weight excluding hydrogens is 492 g/mol. The minimum absolute atomic E-state index is 0.00611. The van der Waals surface area contributed by atoms with Gasteiger partial charge in [0.05, 0.1) is 20.0 Å². The van der Waals surface area contributed by atoms with Gasteiger partial charge in [-0.15, -0.1) is 0 Å². The maximum absolute atomic E-state index is 14.2. The summed E-state index contributed by atoms with van der Waals surface area (Å²) in [5.41, 5.74) is 1.01. The monoisotopic (exact) mass is 527 g/mol. The van der Waals surface area contributed by atoms with Crippen LogP contribution in [0.2, 0.25) is 0 Å². The highest BCUT2D eigenvalue weighted by atomic mass is 32.2. The molecule has 0 saturated carbocycles. The number of ether oxygens (including phenoxy) is 2. The van der Waals surface area contributed by atoms with Gasteiger partial charge in [0.2, 0.25) is 0 Å². The fourth-order valence-electron chi connectivity index (χ4n) is 3.58. The van der Waals surface area contributed by atoms with Gasteiger partial charge in [-0.2, -0.15) is 8.42 Å². The van der Waals surface area contributed by atoms with Crippen LogP contribution >= 0.6 is 0 Å². The number of hydrogen-bond acceptors (Lipinski definition) is 6. The molecule has 0 aromatic heterocycles. The second-order valence-corrected chi connectivity index (χ2v) is 10.2. The number of methoxy groups -OCH3 is 1. The minimum atomic E-state index is -3.52. The number of rotatable bonds is 16. The lowest BCUT2D eigenvalue weighted by Gasteiger charge is -2.23. The van der Waals surface area contributed by atoms with Gasteiger partial charge < -0.3 is 14.4 Å². The van der Waals surface area contributed by atoms with E-state index in [9.17, 15) is 22.0 Å². The van der Waals surface area contributed by atoms with Crippen LogP contribution in [0, 0.1) is 11.6 Å². The summed E-state index contributed by atoms with van der Waals surface area (Å²) in [6.45, 7) is 2.27. The van der Waals surface area contributed by atoms with Gasteiger partial charge in [0.15, 0.2) is 18.1 Å². The van der Waals surface area contributed by atoms with Crippen molar-refractivity contribution in [2.45, 2.75) is 52.0 Å². The lowest BCUT2D eigenvalue weighted by molar-refractivity contribution is -0.134. The summed E-state index contributed by atoms with van der Waals surface area (Å²) in [6.07, 6.45) is 6.31. The van der Waals surface area contributed by atoms with Crippen molar-refractivity contribution >= 4 is 16.0 Å². The average molecular weight is 528 g/mol. The molecule has 2 rings (SSSR count). The van der Waals surface area contributed by atoms with Crippen LogP contribution in [0.4, 0.5) is 8.78 Å². The first kappa shape index (κ1) is 29.5. The molecule has 0 N–H and O–H groups in total. The normalized spacial score (nSPS) is 11.4. The summed E-state index contributed by atoms with van der Waals surface area (Å²) < 4.78 is 65.6. The predicted octanol–water partition coefficient (Wildman–Crippen LogP) is 4.87. The Kier molecular flexibility index (Phi) is 12.1. The predicted molar refractivity (Wildman–Crippen MR) is 134 cm³/mol. The van der Waals surface area contributed by atoms with E-state index >= 15 is 0 Å². The molecule has 0 unspecified atom stereocenters. The number of benzene rings is 2. The standard InChI is InChI=1S/C26H35F2NO6S/c1-4-5-6-7-8-14-29(18-21-10-11-22(27)17-23(21)28)26(30)19-34-24-12-9-20(16-25(24)33-2)13-15-35-36(3,31)32/h9-12,16-17H,4-8,13-15,18-19H2,1-3H3. The lowest BCUT2D eigenvalue weighted by Crippen LogP contribution is -2.35. The van der Waals surface area contributed by atoms with Crippen LogP contribution in [0.15, 0.2) is 36.4 Å². The van der Waals surface area contributed by atoms with Crippen LogP contribution in [-0.4, -0.2) is 52.3 Å². The van der Waals surface area contributed by atoms with Crippen LogP contribution in [0.1, 0.15) is 50.2 Å². The van der Waals surface area contributed by atoms with Gasteiger partial charge in [-0.05, 0) is 36.6 Å². The van der Waals surface area contributed by atoms with Crippen LogP contribution in [-0.2, 0) is 32.1 Å². The Balaban J connectivity index is 2.04. The van der Waals surface area contributed by atoms with E-state index in [1.165, 1.54) is 24.1 Å². The molecule has 0 aliphatic heterocycles. The molecule has 0 aliphatic rings. The van der Waals surface area contributed by atoms with Gasteiger partial charge >= 0.3 is 0 Å². The van der Waals surface area contributed by atoms with Crippen molar-refractivity contribution in [3.05, 3.63) is 59.2 Å². The summed E-state index contributed by atoms with van der Waals surface area (Å²) in [4.78, 5) is 14.5. The maximum Gasteiger partial charge on any atom is 0.264 e. The fraction of sp³-hybridized carbons (Fsp3) is 0.500. The van der Waals surface area contributed by atoms with E-state index in [2.05, 4.69) is 6.92 Å². The summed E-state index contributed by atoms with van der Waals surface area (Å²) >= 11 is 0. The van der Waals surface area contributed by atoms with E-state index in [4.69, 9.17) is 13.7 Å². The molecule has 10 heteroatoms. The zero-order valence-corrected chi connectivity index (χ0v) is 21.9. The van der Waals surface area contributed by atoms with Gasteiger partial charge in [-0.1, -0.05) is 44.7 Å². The molecular formula is C26H35F2NO6S. The van der Waals surface area contributed by atoms with Gasteiger partial charge in [-0.25, -0.2) is 8.78 Å². The van der Waals surface area contributed by atoms with Crippen molar-refractivity contribution < 1.29 is 35.6 Å². The molecule has 0 heterocycles. The molecule has 2 aromatic carbocycles. The van der Waals surface area contributed by atoms with Crippen molar-refractivity contribution in [3.63, 3.8) is 0 Å². The lowest BCUT2D eigenvalue weighted by atomic mass is 10.1. The van der Waals surface area contributed by atoms with Crippen molar-refractivity contribution in [1.29, 1.82) is 0 Å². The van der Waals surface area contributed by atoms with Gasteiger partial charge in [0.25, 0.3) is 16.0 Å². The second kappa shape index (κ2) is 14.7. The minimum Gasteiger partial charge on any atom is -0.493 e. The van der Waals surface area contributed by atoms with Gasteiger partial charge in [0, 0.05) is 24.7 Å². The quantitative estimate of drug-likeness (QED) is 0.229. The third-order valence-electron chi connectivity index (χ3n) is 5.53. The fourth-order valence-corrected chi connectivity index (χ4v) is 3.97. The Morgan fingerprint density at radius 2 is 1.75 bits per heavy atom. The molecule has 0 radical (unpaired) electrons. The Labute approximate surface area is 212 Å². The van der Waals surface area contributed by atoms with Crippen molar-refractivity contribution in [2.24, 2.45) is 0 Å². The first-order valence-corrected chi connectivity index (χ1v) is 13.8. The highest BCUT2D eigenvalue weighted by Gasteiger charge is 2.18. The molecule has 0 fully saturated rings. The van der Waals surface area contributed by atoms with E-state index < -0.39 is 21.8 Å². The first-order valence-electron chi connectivity index (χ1n) is 12.0. The Morgan fingerprint density at radius 3 is 2.42 bits per heavy atom. The topological polar surface area (TPSA) is 82.1 Å². The maximum atomic E-state index is 14.2. The van der Waals surface area contributed by atoms with Crippen LogP contribution in [0.5, 0.6) is 11.5 Å². The van der Waals surface area contributed by atoms with Crippen molar-refractivity contribution in [1.82, 2.24) is 4.90 Å². The number of amides is 1. The van der Waals surface area contributed by atoms with E-state index in [1.54, 1.807) is 18.2 Å². The molecule has 0 spiro atoms. The van der Waals surface area contributed by atoms with Crippen LogP contribution in [0.3, 0.4) is 0 Å². The third kappa shape index (κ3) is 10.5. The first-order chi connectivity index (χ1) is 17.1. The van der Waals surface area contributed by atoms with Crippen molar-refractivity contribution in [3.8, 4) is 11.5 Å². The summed E-state index contributed by atoms with van der Waals surface area (Å²) in [5.74, 6) is -0.973. The van der Waals surface area contributed by atoms with E-state index in [1.807, 2.05) is 0 Å². The molecule has 7 nitrogen and oxygen atoms in total. The molecule has 200 valence electrons. The highest BCUT2D eigenvalue weighted by Crippen LogP contribution is 2.28. The second-order valence-electron chi connectivity index (χ2n) is 8.52. The third-order valence-corrected chi connectivity index (χ3v) is 6.12. The zero-order chi connectivity index (χ0) is 26.6. The van der Waals surface area contributed by atoms with E-state index in [0.717, 1.165) is 50.0 Å². The molecule has 2 aromatic rings. The molecule has 0 saturated heterocycles. The number of hydrogen-bond donors (Lipinski definition) is 0. The smallest absolute Gasteiger partial charge is 0.264 e. The van der Waals surface area contributed by atoms with Gasteiger partial charge in [0.1, 0.15) is 11.6 Å². The number of halogens is 2. The van der Waals surface area contributed by atoms with Crippen LogP contribution in [0.25, 0.3) is 0 Å². The summed E-state index contributed by atoms with van der Waals surface area (Å²) in [7, 11) is -2.06. The molecule has 36 heavy (non-hydrogen) atoms. The highest BCUT2D eigenvalue weighted by molar-refractivity contribution is 7.85. The molecule has 0 bridgehead atoms. The van der Waals surface area contributed by atoms with Crippen LogP contribution < -0.4 is 9.47 Å². The van der Waals surface area contributed by atoms with E-state index in [0.29, 0.717) is 24.5 Å². The summed E-state index contributed by atoms with van der Waals surface area (Å²) in [5, 5.41) is 0. The Hall–Kier alpha value is -2.72. The Bertz CT molecular complexity index is 1090. The largest absolute Gasteiger partial charge is 0.493 e. The Morgan fingerprint density at radius 1 is 1.00 bits per heavy atom. The summed E-state index contributed by atoms with van der Waals surface area (Å²) in [6, 6.07) is 8.38. The van der Waals surface area contributed by atoms with E-state index in [-0.39, 0.29) is 31.2 Å². The van der Waals surface area contributed by atoms with Crippen molar-refractivity contribution in [2.75, 3.05) is 33.1 Å². The molecule has 1 amide bonds. The number of carbonyl (C=O) groups is 1. The SMILES string of the molecule is CCCCCCCN(Cc1ccc(F)cc1F)C(=O)COc1ccc(CCOS(C)(=O)=O)cc1OC. The average Bonchev–Trinajstić information content (AvgIpc) is 2.82. The molecule has 0 atom stereocenters. The number of carbonyl (C=O) groups excluding carboxylic acids is 1. The number of unbranched alkanes of at least 4 members (excludes halogenated alkanes) is 4.